The second kappa shape index (κ2) is 7.71. The normalized spacial score (nSPS) is 19.4. The van der Waals surface area contributed by atoms with Gasteiger partial charge in [0.2, 0.25) is 0 Å². The van der Waals surface area contributed by atoms with Gasteiger partial charge in [0, 0.05) is 34.0 Å². The Morgan fingerprint density at radius 1 is 1.21 bits per heavy atom. The van der Waals surface area contributed by atoms with Crippen LogP contribution in [0.5, 0.6) is 0 Å². The van der Waals surface area contributed by atoms with E-state index in [1.807, 2.05) is 0 Å². The van der Waals surface area contributed by atoms with Crippen LogP contribution in [0.4, 0.5) is 10.9 Å². The number of aromatic nitrogens is 2. The molecule has 0 spiro atoms. The molecule has 144 valence electrons. The first-order valence-corrected chi connectivity index (χ1v) is 10.5. The monoisotopic (exact) mass is 407 g/mol. The molecule has 0 amide bonds. The average molecular weight is 408 g/mol. The van der Waals surface area contributed by atoms with Gasteiger partial charge in [-0.1, -0.05) is 27.7 Å². The van der Waals surface area contributed by atoms with E-state index in [9.17, 15) is 9.90 Å². The first-order chi connectivity index (χ1) is 12.7. The molecular formula is C21H26N3NaO2S. The minimum absolute atomic E-state index is 0. The van der Waals surface area contributed by atoms with E-state index < -0.39 is 5.97 Å². The average Bonchev–Trinajstić information content (AvgIpc) is 3.31. The van der Waals surface area contributed by atoms with Gasteiger partial charge in [-0.25, -0.2) is 9.97 Å². The molecule has 0 unspecified atom stereocenters. The number of nitrogens with zero attached hydrogens (tertiary/aromatic N) is 3. The number of pyridine rings is 1. The summed E-state index contributed by atoms with van der Waals surface area (Å²) in [6.45, 7) is 10.1. The first-order valence-electron chi connectivity index (χ1n) is 9.64. The molecule has 28 heavy (non-hydrogen) atoms. The summed E-state index contributed by atoms with van der Waals surface area (Å²) in [6.07, 6.45) is 6.14. The maximum Gasteiger partial charge on any atom is 1.00 e. The summed E-state index contributed by atoms with van der Waals surface area (Å²) in [5.41, 5.74) is 1.53. The molecule has 2 aromatic rings. The molecule has 5 nitrogen and oxygen atoms in total. The number of carbonyl (C=O) groups is 1. The Labute approximate surface area is 192 Å². The number of fused-ring (bicyclic) bond motifs is 1. The van der Waals surface area contributed by atoms with E-state index in [0.29, 0.717) is 5.92 Å². The number of anilines is 2. The van der Waals surface area contributed by atoms with E-state index in [0.717, 1.165) is 30.3 Å². The van der Waals surface area contributed by atoms with Gasteiger partial charge in [0.05, 0.1) is 11.7 Å². The van der Waals surface area contributed by atoms with E-state index in [-0.39, 0.29) is 46.0 Å². The zero-order valence-electron chi connectivity index (χ0n) is 17.4. The van der Waals surface area contributed by atoms with Gasteiger partial charge in [0.25, 0.3) is 0 Å². The van der Waals surface area contributed by atoms with Gasteiger partial charge in [0.1, 0.15) is 5.82 Å². The van der Waals surface area contributed by atoms with Gasteiger partial charge in [-0.2, -0.15) is 0 Å². The Balaban J connectivity index is 0.00000225. The molecule has 0 aliphatic heterocycles. The number of hydrogen-bond donors (Lipinski definition) is 0. The Kier molecular flexibility index (Phi) is 5.99. The molecule has 0 N–H and O–H groups in total. The number of carbonyl (C=O) groups excluding carboxylic acids is 1. The summed E-state index contributed by atoms with van der Waals surface area (Å²) in [6, 6.07) is 3.34. The summed E-state index contributed by atoms with van der Waals surface area (Å²) < 4.78 is 0. The van der Waals surface area contributed by atoms with Crippen LogP contribution in [-0.4, -0.2) is 22.5 Å². The molecule has 0 saturated heterocycles. The van der Waals surface area contributed by atoms with E-state index in [1.54, 1.807) is 23.5 Å². The molecule has 2 aromatic heterocycles. The van der Waals surface area contributed by atoms with Crippen LogP contribution in [0.1, 0.15) is 74.3 Å². The Bertz CT molecular complexity index is 839. The third-order valence-corrected chi connectivity index (χ3v) is 7.32. The fourth-order valence-corrected chi connectivity index (χ4v) is 5.09. The molecule has 0 aromatic carbocycles. The molecule has 2 aliphatic rings. The van der Waals surface area contributed by atoms with Crippen LogP contribution < -0.4 is 39.6 Å². The zero-order chi connectivity index (χ0) is 19.4. The Morgan fingerprint density at radius 3 is 2.43 bits per heavy atom. The van der Waals surface area contributed by atoms with E-state index in [1.165, 1.54) is 29.6 Å². The van der Waals surface area contributed by atoms with Crippen molar-refractivity contribution in [2.75, 3.05) is 11.4 Å². The topological polar surface area (TPSA) is 69.2 Å². The van der Waals surface area contributed by atoms with Crippen molar-refractivity contribution in [2.24, 2.45) is 5.92 Å². The predicted molar refractivity (Wildman–Crippen MR) is 106 cm³/mol. The van der Waals surface area contributed by atoms with E-state index >= 15 is 0 Å². The summed E-state index contributed by atoms with van der Waals surface area (Å²) in [4.78, 5) is 24.1. The molecule has 2 aliphatic carbocycles. The van der Waals surface area contributed by atoms with Crippen LogP contribution in [0.2, 0.25) is 0 Å². The van der Waals surface area contributed by atoms with Crippen LogP contribution in [0, 0.1) is 5.92 Å². The molecule has 4 rings (SSSR count). The fourth-order valence-electron chi connectivity index (χ4n) is 3.69. The van der Waals surface area contributed by atoms with Crippen LogP contribution >= 0.6 is 11.3 Å². The number of thiazole rings is 1. The second-order valence-corrected chi connectivity index (χ2v) is 10.2. The van der Waals surface area contributed by atoms with Crippen molar-refractivity contribution in [1.29, 1.82) is 0 Å². The SMILES string of the molecule is CC1(C)CCC(C)(C)c2sc(N(CC3CC3)c3ccc(C(=O)[O-])cn3)nc21.[Na+]. The minimum atomic E-state index is -1.20. The van der Waals surface area contributed by atoms with Gasteiger partial charge in [-0.05, 0) is 43.7 Å². The summed E-state index contributed by atoms with van der Waals surface area (Å²) in [7, 11) is 0. The smallest absolute Gasteiger partial charge is 0.545 e. The standard InChI is InChI=1S/C21H27N3O2S.Na/c1-20(2)9-10-21(3,4)17-16(20)23-19(27-17)24(12-13-5-6-13)15-8-7-14(11-22-15)18(25)26;/h7-8,11,13H,5-6,9-10,12H2,1-4H3,(H,25,26);/q;+1/p-1. The number of rotatable bonds is 5. The van der Waals surface area contributed by atoms with Crippen LogP contribution in [-0.2, 0) is 10.8 Å². The van der Waals surface area contributed by atoms with Gasteiger partial charge in [0.15, 0.2) is 5.13 Å². The predicted octanol–water partition coefficient (Wildman–Crippen LogP) is 0.803. The van der Waals surface area contributed by atoms with Gasteiger partial charge in [-0.15, -0.1) is 11.3 Å². The van der Waals surface area contributed by atoms with Crippen molar-refractivity contribution in [3.63, 3.8) is 0 Å². The molecule has 7 heteroatoms. The van der Waals surface area contributed by atoms with Crippen molar-refractivity contribution in [3.05, 3.63) is 34.5 Å². The maximum atomic E-state index is 11.0. The number of carboxylic acid groups (broad SMARTS) is 1. The summed E-state index contributed by atoms with van der Waals surface area (Å²) >= 11 is 1.77. The van der Waals surface area contributed by atoms with E-state index in [2.05, 4.69) is 37.6 Å². The first kappa shape index (κ1) is 21.8. The van der Waals surface area contributed by atoms with Crippen molar-refractivity contribution in [3.8, 4) is 0 Å². The largest absolute Gasteiger partial charge is 1.00 e. The zero-order valence-corrected chi connectivity index (χ0v) is 20.2. The molecule has 1 fully saturated rings. The number of carboxylic acids is 1. The Hall–Kier alpha value is -0.950. The molecule has 1 saturated carbocycles. The third kappa shape index (κ3) is 4.16. The van der Waals surface area contributed by atoms with Crippen LogP contribution in [0.25, 0.3) is 0 Å². The quantitative estimate of drug-likeness (QED) is 0.686. The number of hydrogen-bond acceptors (Lipinski definition) is 6. The van der Waals surface area contributed by atoms with Crippen molar-refractivity contribution >= 4 is 28.3 Å². The molecular weight excluding hydrogens is 381 g/mol. The second-order valence-electron chi connectivity index (χ2n) is 9.19. The third-order valence-electron chi connectivity index (χ3n) is 5.88. The van der Waals surface area contributed by atoms with Crippen LogP contribution in [0.15, 0.2) is 18.3 Å². The molecule has 0 bridgehead atoms. The molecule has 0 radical (unpaired) electrons. The summed E-state index contributed by atoms with van der Waals surface area (Å²) in [5.74, 6) is 0.221. The maximum absolute atomic E-state index is 11.0. The van der Waals surface area contributed by atoms with Gasteiger partial charge < -0.3 is 14.8 Å². The van der Waals surface area contributed by atoms with Crippen LogP contribution in [0.3, 0.4) is 0 Å². The minimum Gasteiger partial charge on any atom is -0.545 e. The summed E-state index contributed by atoms with van der Waals surface area (Å²) in [5, 5.41) is 12.0. The van der Waals surface area contributed by atoms with Crippen molar-refractivity contribution in [1.82, 2.24) is 9.97 Å². The molecule has 0 atom stereocenters. The van der Waals surface area contributed by atoms with Crippen molar-refractivity contribution in [2.45, 2.75) is 64.2 Å². The van der Waals surface area contributed by atoms with Gasteiger partial charge in [-0.3, -0.25) is 0 Å². The van der Waals surface area contributed by atoms with Gasteiger partial charge >= 0.3 is 29.6 Å². The fraction of sp³-hybridized carbons (Fsp3) is 0.571. The Morgan fingerprint density at radius 2 is 1.89 bits per heavy atom. The molecule has 2 heterocycles. The van der Waals surface area contributed by atoms with Crippen molar-refractivity contribution < 1.29 is 39.5 Å². The number of aromatic carboxylic acids is 1. The van der Waals surface area contributed by atoms with E-state index in [4.69, 9.17) is 4.98 Å².